The normalized spacial score (nSPS) is 16.3. The Morgan fingerprint density at radius 3 is 2.68 bits per heavy atom. The summed E-state index contributed by atoms with van der Waals surface area (Å²) >= 11 is 0. The second kappa shape index (κ2) is 9.32. The van der Waals surface area contributed by atoms with Crippen LogP contribution in [0.15, 0.2) is 30.3 Å². The van der Waals surface area contributed by atoms with Gasteiger partial charge < -0.3 is 10.6 Å². The zero-order valence-corrected chi connectivity index (χ0v) is 14.8. The van der Waals surface area contributed by atoms with Gasteiger partial charge in [0.25, 0.3) is 0 Å². The molecule has 2 N–H and O–H groups in total. The summed E-state index contributed by atoms with van der Waals surface area (Å²) < 4.78 is 13.1. The molecule has 1 fully saturated rings. The Kier molecular flexibility index (Phi) is 7.13. The van der Waals surface area contributed by atoms with Gasteiger partial charge in [-0.05, 0) is 50.5 Å². The third-order valence-corrected chi connectivity index (χ3v) is 4.03. The quantitative estimate of drug-likeness (QED) is 0.773. The Morgan fingerprint density at radius 1 is 1.32 bits per heavy atom. The molecule has 5 nitrogen and oxygen atoms in total. The standard InChI is InChI=1S/C19H26FN3O2/c1-14(2)21-19(25)13-23-10-8-17(9-11-23)22-18(24)7-6-15-4-3-5-16(20)12-15/h3-7,12,14,17H,8-11,13H2,1-2H3,(H,21,25)(H,22,24)/b7-6-. The van der Waals surface area contributed by atoms with E-state index in [1.54, 1.807) is 18.2 Å². The molecule has 0 atom stereocenters. The fourth-order valence-electron chi connectivity index (χ4n) is 2.84. The molecule has 1 heterocycles. The zero-order chi connectivity index (χ0) is 18.2. The number of hydrogen-bond donors (Lipinski definition) is 2. The summed E-state index contributed by atoms with van der Waals surface area (Å²) in [6.07, 6.45) is 4.66. The van der Waals surface area contributed by atoms with Gasteiger partial charge in [-0.3, -0.25) is 14.5 Å². The lowest BCUT2D eigenvalue weighted by Gasteiger charge is -2.31. The van der Waals surface area contributed by atoms with E-state index in [1.807, 2.05) is 13.8 Å². The predicted molar refractivity (Wildman–Crippen MR) is 96.3 cm³/mol. The molecule has 25 heavy (non-hydrogen) atoms. The Labute approximate surface area is 148 Å². The predicted octanol–water partition coefficient (Wildman–Crippen LogP) is 1.94. The van der Waals surface area contributed by atoms with E-state index in [4.69, 9.17) is 0 Å². The molecule has 2 amide bonds. The SMILES string of the molecule is CC(C)NC(=O)CN1CCC(NC(=O)/C=C\c2cccc(F)c2)CC1. The first kappa shape index (κ1) is 19.1. The van der Waals surface area contributed by atoms with Gasteiger partial charge in [-0.15, -0.1) is 0 Å². The number of benzene rings is 1. The van der Waals surface area contributed by atoms with Crippen molar-refractivity contribution in [1.82, 2.24) is 15.5 Å². The molecular formula is C19H26FN3O2. The fraction of sp³-hybridized carbons (Fsp3) is 0.474. The van der Waals surface area contributed by atoms with Crippen molar-refractivity contribution >= 4 is 17.9 Å². The highest BCUT2D eigenvalue weighted by molar-refractivity contribution is 5.91. The lowest BCUT2D eigenvalue weighted by atomic mass is 10.0. The summed E-state index contributed by atoms with van der Waals surface area (Å²) in [5.74, 6) is -0.466. The Balaban J connectivity index is 1.72. The van der Waals surface area contributed by atoms with Crippen molar-refractivity contribution in [2.75, 3.05) is 19.6 Å². The van der Waals surface area contributed by atoms with Crippen molar-refractivity contribution in [2.24, 2.45) is 0 Å². The minimum Gasteiger partial charge on any atom is -0.353 e. The van der Waals surface area contributed by atoms with Crippen LogP contribution >= 0.6 is 0 Å². The highest BCUT2D eigenvalue weighted by Gasteiger charge is 2.21. The zero-order valence-electron chi connectivity index (χ0n) is 14.8. The van der Waals surface area contributed by atoms with E-state index in [-0.39, 0.29) is 29.7 Å². The van der Waals surface area contributed by atoms with Crippen molar-refractivity contribution < 1.29 is 14.0 Å². The maximum absolute atomic E-state index is 13.1. The summed E-state index contributed by atoms with van der Waals surface area (Å²) in [4.78, 5) is 25.8. The molecule has 1 saturated heterocycles. The highest BCUT2D eigenvalue weighted by atomic mass is 19.1. The molecule has 1 aromatic rings. The van der Waals surface area contributed by atoms with E-state index in [9.17, 15) is 14.0 Å². The van der Waals surface area contributed by atoms with Gasteiger partial charge in [-0.1, -0.05) is 12.1 Å². The first-order valence-electron chi connectivity index (χ1n) is 8.68. The molecule has 0 aliphatic carbocycles. The lowest BCUT2D eigenvalue weighted by Crippen LogP contribution is -2.47. The van der Waals surface area contributed by atoms with Crippen molar-refractivity contribution in [1.29, 1.82) is 0 Å². The topological polar surface area (TPSA) is 61.4 Å². The molecular weight excluding hydrogens is 321 g/mol. The minimum atomic E-state index is -0.323. The maximum Gasteiger partial charge on any atom is 0.244 e. The molecule has 0 spiro atoms. The molecule has 0 bridgehead atoms. The smallest absolute Gasteiger partial charge is 0.244 e. The van der Waals surface area contributed by atoms with Gasteiger partial charge in [0.1, 0.15) is 5.82 Å². The molecule has 6 heteroatoms. The number of carbonyl (C=O) groups excluding carboxylic acids is 2. The number of hydrogen-bond acceptors (Lipinski definition) is 3. The van der Waals surface area contributed by atoms with E-state index in [0.29, 0.717) is 12.1 Å². The molecule has 0 saturated carbocycles. The number of rotatable bonds is 6. The number of amides is 2. The molecule has 136 valence electrons. The minimum absolute atomic E-state index is 0.0375. The highest BCUT2D eigenvalue weighted by Crippen LogP contribution is 2.10. The van der Waals surface area contributed by atoms with Gasteiger partial charge in [0, 0.05) is 31.2 Å². The third kappa shape index (κ3) is 7.05. The Bertz CT molecular complexity index is 623. The summed E-state index contributed by atoms with van der Waals surface area (Å²) in [6.45, 7) is 5.85. The molecule has 2 rings (SSSR count). The average Bonchev–Trinajstić information content (AvgIpc) is 2.54. The van der Waals surface area contributed by atoms with Crippen LogP contribution in [0.5, 0.6) is 0 Å². The number of carbonyl (C=O) groups is 2. The second-order valence-corrected chi connectivity index (χ2v) is 6.67. The van der Waals surface area contributed by atoms with Crippen molar-refractivity contribution in [3.8, 4) is 0 Å². The Morgan fingerprint density at radius 2 is 2.04 bits per heavy atom. The average molecular weight is 347 g/mol. The van der Waals surface area contributed by atoms with E-state index in [2.05, 4.69) is 15.5 Å². The molecule has 1 aliphatic heterocycles. The molecule has 1 aliphatic rings. The van der Waals surface area contributed by atoms with E-state index in [0.717, 1.165) is 25.9 Å². The van der Waals surface area contributed by atoms with Gasteiger partial charge >= 0.3 is 0 Å². The van der Waals surface area contributed by atoms with Crippen molar-refractivity contribution in [3.63, 3.8) is 0 Å². The number of piperidine rings is 1. The summed E-state index contributed by atoms with van der Waals surface area (Å²) in [5.41, 5.74) is 0.654. The van der Waals surface area contributed by atoms with Gasteiger partial charge in [-0.25, -0.2) is 4.39 Å². The number of likely N-dealkylation sites (tertiary alicyclic amines) is 1. The number of nitrogens with zero attached hydrogens (tertiary/aromatic N) is 1. The third-order valence-electron chi connectivity index (χ3n) is 4.03. The first-order chi connectivity index (χ1) is 11.9. The number of nitrogens with one attached hydrogen (secondary N) is 2. The van der Waals surface area contributed by atoms with E-state index in [1.165, 1.54) is 18.2 Å². The summed E-state index contributed by atoms with van der Waals surface area (Å²) in [7, 11) is 0. The molecule has 1 aromatic carbocycles. The summed E-state index contributed by atoms with van der Waals surface area (Å²) in [6, 6.07) is 6.35. The van der Waals surface area contributed by atoms with Gasteiger partial charge in [-0.2, -0.15) is 0 Å². The second-order valence-electron chi connectivity index (χ2n) is 6.67. The van der Waals surface area contributed by atoms with E-state index < -0.39 is 0 Å². The first-order valence-corrected chi connectivity index (χ1v) is 8.68. The van der Waals surface area contributed by atoms with Crippen LogP contribution in [0.2, 0.25) is 0 Å². The van der Waals surface area contributed by atoms with Crippen LogP contribution in [0.4, 0.5) is 4.39 Å². The molecule has 0 aromatic heterocycles. The monoisotopic (exact) mass is 347 g/mol. The molecule has 0 radical (unpaired) electrons. The van der Waals surface area contributed by atoms with Crippen molar-refractivity contribution in [2.45, 2.75) is 38.8 Å². The largest absolute Gasteiger partial charge is 0.353 e. The van der Waals surface area contributed by atoms with Crippen LogP contribution in [-0.4, -0.2) is 48.4 Å². The maximum atomic E-state index is 13.1. The summed E-state index contributed by atoms with van der Waals surface area (Å²) in [5, 5.41) is 5.85. The van der Waals surface area contributed by atoms with Crippen LogP contribution in [0.3, 0.4) is 0 Å². The molecule has 0 unspecified atom stereocenters. The van der Waals surface area contributed by atoms with Crippen LogP contribution in [0.1, 0.15) is 32.3 Å². The van der Waals surface area contributed by atoms with Crippen LogP contribution in [-0.2, 0) is 9.59 Å². The van der Waals surface area contributed by atoms with Crippen LogP contribution in [0.25, 0.3) is 6.08 Å². The van der Waals surface area contributed by atoms with Crippen LogP contribution < -0.4 is 10.6 Å². The van der Waals surface area contributed by atoms with Crippen LogP contribution in [0, 0.1) is 5.82 Å². The van der Waals surface area contributed by atoms with E-state index >= 15 is 0 Å². The fourth-order valence-corrected chi connectivity index (χ4v) is 2.84. The Hall–Kier alpha value is -2.21. The van der Waals surface area contributed by atoms with Gasteiger partial charge in [0.15, 0.2) is 0 Å². The lowest BCUT2D eigenvalue weighted by molar-refractivity contribution is -0.123. The number of halogens is 1. The van der Waals surface area contributed by atoms with Gasteiger partial charge in [0.2, 0.25) is 11.8 Å². The van der Waals surface area contributed by atoms with Gasteiger partial charge in [0.05, 0.1) is 6.54 Å². The van der Waals surface area contributed by atoms with Crippen molar-refractivity contribution in [3.05, 3.63) is 41.7 Å².